The van der Waals surface area contributed by atoms with Gasteiger partial charge in [-0.05, 0) is 18.2 Å². The molecule has 31 heavy (non-hydrogen) atoms. The number of sulfone groups is 1. The molecule has 0 aromatic heterocycles. The fourth-order valence-corrected chi connectivity index (χ4v) is 7.08. The van der Waals surface area contributed by atoms with Gasteiger partial charge >= 0.3 is 0 Å². The molecule has 2 aromatic rings. The highest BCUT2D eigenvalue weighted by atomic mass is 32.2. The molecule has 0 spiro atoms. The lowest BCUT2D eigenvalue weighted by atomic mass is 10.3. The first-order valence-electron chi connectivity index (χ1n) is 7.70. The fourth-order valence-electron chi connectivity index (χ4n) is 2.43. The van der Waals surface area contributed by atoms with Gasteiger partial charge in [-0.3, -0.25) is 13.7 Å². The van der Waals surface area contributed by atoms with Gasteiger partial charge in [0.25, 0.3) is 30.4 Å². The van der Waals surface area contributed by atoms with Gasteiger partial charge in [0.15, 0.2) is 20.5 Å². The van der Waals surface area contributed by atoms with E-state index in [1.54, 1.807) is 0 Å². The Labute approximate surface area is 178 Å². The third-order valence-electron chi connectivity index (χ3n) is 3.55. The monoisotopic (exact) mass is 514 g/mol. The van der Waals surface area contributed by atoms with Gasteiger partial charge in [-0.15, -0.1) is 6.58 Å². The van der Waals surface area contributed by atoms with Crippen LogP contribution in [0.1, 0.15) is 0 Å². The minimum atomic E-state index is -5.79. The summed E-state index contributed by atoms with van der Waals surface area (Å²) in [7, 11) is -21.9. The summed E-state index contributed by atoms with van der Waals surface area (Å²) in [6.45, 7) is 3.19. The zero-order valence-electron chi connectivity index (χ0n) is 15.1. The van der Waals surface area contributed by atoms with Gasteiger partial charge in [-0.1, -0.05) is 24.3 Å². The summed E-state index contributed by atoms with van der Waals surface area (Å²) >= 11 is 0. The molecular weight excluding hydrogens is 500 g/mol. The lowest BCUT2D eigenvalue weighted by molar-refractivity contribution is 0.421. The van der Waals surface area contributed by atoms with E-state index in [1.807, 2.05) is 0 Å². The largest absolute Gasteiger partial charge is 0.454 e. The number of para-hydroxylation sites is 1. The van der Waals surface area contributed by atoms with Gasteiger partial charge in [0.1, 0.15) is 20.4 Å². The topological polar surface area (TPSA) is 206 Å². The number of hydrogen-bond acceptors (Lipinski definition) is 9. The van der Waals surface area contributed by atoms with Gasteiger partial charge < -0.3 is 4.74 Å². The van der Waals surface area contributed by atoms with E-state index in [0.717, 1.165) is 6.08 Å². The first kappa shape index (κ1) is 24.9. The maximum atomic E-state index is 12.6. The Balaban J connectivity index is 3.27. The van der Waals surface area contributed by atoms with Crippen LogP contribution in [0.5, 0.6) is 11.5 Å². The van der Waals surface area contributed by atoms with Crippen molar-refractivity contribution in [2.75, 3.05) is 5.75 Å². The van der Waals surface area contributed by atoms with Crippen molar-refractivity contribution in [1.29, 1.82) is 0 Å². The Hall–Kier alpha value is -2.34. The van der Waals surface area contributed by atoms with Crippen molar-refractivity contribution < 1.29 is 52.1 Å². The highest BCUT2D eigenvalue weighted by Crippen LogP contribution is 2.43. The Morgan fingerprint density at radius 1 is 0.774 bits per heavy atom. The predicted octanol–water partition coefficient (Wildman–Crippen LogP) is 1.18. The van der Waals surface area contributed by atoms with Gasteiger partial charge in [0.05, 0.1) is 5.75 Å². The van der Waals surface area contributed by atoms with Crippen molar-refractivity contribution in [2.45, 2.75) is 19.6 Å². The summed E-state index contributed by atoms with van der Waals surface area (Å²) in [5, 5.41) is 0. The van der Waals surface area contributed by atoms with Gasteiger partial charge in [0.2, 0.25) is 0 Å². The van der Waals surface area contributed by atoms with Crippen LogP contribution in [0.2, 0.25) is 0 Å². The van der Waals surface area contributed by atoms with Crippen LogP contribution in [-0.4, -0.2) is 53.1 Å². The van der Waals surface area contributed by atoms with Gasteiger partial charge in [0, 0.05) is 0 Å². The van der Waals surface area contributed by atoms with Crippen LogP contribution >= 0.6 is 0 Å². The number of rotatable bonds is 8. The Kier molecular flexibility index (Phi) is 6.68. The lowest BCUT2D eigenvalue weighted by Gasteiger charge is -2.18. The number of ether oxygens (including phenoxy) is 1. The SMILES string of the molecule is C=CCS(=O)(=O)c1cc(S(=O)(=O)O)c(S(=O)(=O)O)c(S(=O)(=O)O)c1Oc1ccccc1. The molecule has 12 nitrogen and oxygen atoms in total. The van der Waals surface area contributed by atoms with Crippen molar-refractivity contribution in [3.8, 4) is 11.5 Å². The fraction of sp³-hybridized carbons (Fsp3) is 0.0667. The molecule has 0 fully saturated rings. The van der Waals surface area contributed by atoms with Crippen molar-refractivity contribution in [3.63, 3.8) is 0 Å². The van der Waals surface area contributed by atoms with Crippen molar-refractivity contribution in [1.82, 2.24) is 0 Å². The molecule has 2 aromatic carbocycles. The molecule has 0 unspecified atom stereocenters. The highest BCUT2D eigenvalue weighted by Gasteiger charge is 2.40. The van der Waals surface area contributed by atoms with Crippen LogP contribution in [0.3, 0.4) is 0 Å². The summed E-state index contributed by atoms with van der Waals surface area (Å²) in [4.78, 5) is -6.94. The Bertz CT molecular complexity index is 1450. The molecule has 0 aliphatic rings. The van der Waals surface area contributed by atoms with Crippen LogP contribution in [0.4, 0.5) is 0 Å². The van der Waals surface area contributed by atoms with E-state index >= 15 is 0 Å². The summed E-state index contributed by atoms with van der Waals surface area (Å²) < 4.78 is 130. The second kappa shape index (κ2) is 8.30. The molecule has 2 rings (SSSR count). The maximum absolute atomic E-state index is 12.6. The van der Waals surface area contributed by atoms with Crippen molar-refractivity contribution in [3.05, 3.63) is 49.1 Å². The summed E-state index contributed by atoms with van der Waals surface area (Å²) in [5.41, 5.74) is 0. The third-order valence-corrected chi connectivity index (χ3v) is 8.18. The zero-order valence-corrected chi connectivity index (χ0v) is 18.4. The Morgan fingerprint density at radius 2 is 1.29 bits per heavy atom. The molecule has 0 saturated carbocycles. The predicted molar refractivity (Wildman–Crippen MR) is 105 cm³/mol. The van der Waals surface area contributed by atoms with E-state index in [2.05, 4.69) is 6.58 Å². The van der Waals surface area contributed by atoms with Crippen LogP contribution < -0.4 is 4.74 Å². The lowest BCUT2D eigenvalue weighted by Crippen LogP contribution is -2.19. The molecule has 0 saturated heterocycles. The van der Waals surface area contributed by atoms with Crippen LogP contribution in [0.15, 0.2) is 68.6 Å². The number of hydrogen-bond donors (Lipinski definition) is 3. The molecule has 16 heteroatoms. The smallest absolute Gasteiger partial charge is 0.299 e. The normalized spacial score (nSPS) is 13.0. The molecule has 170 valence electrons. The summed E-state index contributed by atoms with van der Waals surface area (Å²) in [5.74, 6) is -2.47. The van der Waals surface area contributed by atoms with Crippen molar-refractivity contribution in [2.24, 2.45) is 0 Å². The standard InChI is InChI=1S/C15H14O12S4/c1-2-8-28(16,17)11-9-12(29(18,19)20)14(30(21,22)23)15(31(24,25)26)13(11)27-10-6-4-3-5-7-10/h2-7,9H,1,8H2,(H,18,19,20)(H,21,22,23)(H,24,25,26). The number of benzene rings is 2. The van der Waals surface area contributed by atoms with E-state index in [9.17, 15) is 47.3 Å². The molecular formula is C15H14O12S4. The average Bonchev–Trinajstić information content (AvgIpc) is 2.59. The molecule has 0 amide bonds. The van der Waals surface area contributed by atoms with Crippen LogP contribution in [0.25, 0.3) is 0 Å². The maximum Gasteiger partial charge on any atom is 0.299 e. The second-order valence-electron chi connectivity index (χ2n) is 5.77. The van der Waals surface area contributed by atoms with Gasteiger partial charge in [-0.25, -0.2) is 8.42 Å². The summed E-state index contributed by atoms with van der Waals surface area (Å²) in [6.07, 6.45) is 0.846. The molecule has 0 aliphatic heterocycles. The molecule has 0 heterocycles. The molecule has 0 bridgehead atoms. The first-order valence-corrected chi connectivity index (χ1v) is 13.7. The van der Waals surface area contributed by atoms with Crippen LogP contribution in [0, 0.1) is 0 Å². The summed E-state index contributed by atoms with van der Waals surface area (Å²) in [6, 6.07) is 6.72. The van der Waals surface area contributed by atoms with E-state index in [4.69, 9.17) is 4.74 Å². The van der Waals surface area contributed by atoms with E-state index < -0.39 is 71.3 Å². The Morgan fingerprint density at radius 3 is 1.71 bits per heavy atom. The van der Waals surface area contributed by atoms with Crippen molar-refractivity contribution >= 4 is 40.2 Å². The van der Waals surface area contributed by atoms with Crippen LogP contribution in [-0.2, 0) is 40.2 Å². The van der Waals surface area contributed by atoms with E-state index in [0.29, 0.717) is 0 Å². The van der Waals surface area contributed by atoms with E-state index in [1.165, 1.54) is 30.3 Å². The molecule has 0 aliphatic carbocycles. The molecule has 0 radical (unpaired) electrons. The third kappa shape index (κ3) is 5.48. The minimum absolute atomic E-state index is 0.0875. The first-order chi connectivity index (χ1) is 14.0. The minimum Gasteiger partial charge on any atom is -0.454 e. The van der Waals surface area contributed by atoms with Gasteiger partial charge in [-0.2, -0.15) is 25.3 Å². The average molecular weight is 515 g/mol. The molecule has 0 atom stereocenters. The highest BCUT2D eigenvalue weighted by molar-refractivity contribution is 7.92. The van der Waals surface area contributed by atoms with E-state index in [-0.39, 0.29) is 11.8 Å². The molecule has 3 N–H and O–H groups in total. The zero-order chi connectivity index (χ0) is 23.8. The quantitative estimate of drug-likeness (QED) is 0.335. The second-order valence-corrected chi connectivity index (χ2v) is 11.9.